The van der Waals surface area contributed by atoms with E-state index in [-0.39, 0.29) is 24.6 Å². The molecule has 0 aliphatic carbocycles. The molecule has 0 aliphatic rings. The van der Waals surface area contributed by atoms with E-state index in [9.17, 15) is 18.4 Å². The van der Waals surface area contributed by atoms with Crippen molar-refractivity contribution in [1.29, 1.82) is 0 Å². The average molecular weight is 316 g/mol. The van der Waals surface area contributed by atoms with Crippen molar-refractivity contribution in [2.45, 2.75) is 26.0 Å². The van der Waals surface area contributed by atoms with Crippen LogP contribution in [0.25, 0.3) is 0 Å². The number of benzene rings is 1. The Morgan fingerprint density at radius 1 is 1.32 bits per heavy atom. The first-order chi connectivity index (χ1) is 10.3. The van der Waals surface area contributed by atoms with E-state index in [0.717, 1.165) is 0 Å². The van der Waals surface area contributed by atoms with Crippen molar-refractivity contribution in [2.24, 2.45) is 0 Å². The molecule has 0 heterocycles. The van der Waals surface area contributed by atoms with Crippen LogP contribution in [0.3, 0.4) is 0 Å². The molecule has 2 N–H and O–H groups in total. The van der Waals surface area contributed by atoms with Crippen molar-refractivity contribution in [3.8, 4) is 5.75 Å². The number of anilines is 1. The number of ether oxygens (including phenoxy) is 1. The number of carboxylic acids is 1. The minimum atomic E-state index is -2.90. The van der Waals surface area contributed by atoms with Gasteiger partial charge in [0.25, 0.3) is 0 Å². The van der Waals surface area contributed by atoms with Crippen molar-refractivity contribution < 1.29 is 28.2 Å². The first-order valence-electron chi connectivity index (χ1n) is 6.57. The number of hydrogen-bond acceptors (Lipinski definition) is 4. The molecule has 1 rings (SSSR count). The molecule has 1 aromatic carbocycles. The summed E-state index contributed by atoms with van der Waals surface area (Å²) in [5.74, 6) is -1.26. The maximum Gasteiger partial charge on any atom is 0.387 e. The highest BCUT2D eigenvalue weighted by Crippen LogP contribution is 2.18. The number of rotatable bonds is 8. The van der Waals surface area contributed by atoms with Crippen LogP contribution >= 0.6 is 0 Å². The number of carbonyl (C=O) groups is 2. The molecular weight excluding hydrogens is 298 g/mol. The van der Waals surface area contributed by atoms with Crippen LogP contribution in [0.4, 0.5) is 14.5 Å². The SMILES string of the molecule is CC(C(=O)Nc1ccc(OC(F)F)cc1)N(C)CCC(=O)O. The molecule has 0 aromatic heterocycles. The zero-order chi connectivity index (χ0) is 16.7. The molecule has 8 heteroatoms. The summed E-state index contributed by atoms with van der Waals surface area (Å²) in [6, 6.07) is 5.00. The Bertz CT molecular complexity index is 508. The number of carboxylic acid groups (broad SMARTS) is 1. The van der Waals surface area contributed by atoms with Gasteiger partial charge in [-0.2, -0.15) is 8.78 Å². The summed E-state index contributed by atoms with van der Waals surface area (Å²) in [5, 5.41) is 11.2. The van der Waals surface area contributed by atoms with E-state index in [0.29, 0.717) is 5.69 Å². The molecule has 22 heavy (non-hydrogen) atoms. The molecule has 0 bridgehead atoms. The van der Waals surface area contributed by atoms with E-state index < -0.39 is 18.6 Å². The van der Waals surface area contributed by atoms with Gasteiger partial charge >= 0.3 is 12.6 Å². The van der Waals surface area contributed by atoms with Gasteiger partial charge in [0.1, 0.15) is 5.75 Å². The highest BCUT2D eigenvalue weighted by Gasteiger charge is 2.18. The lowest BCUT2D eigenvalue weighted by Crippen LogP contribution is -2.40. The molecule has 1 unspecified atom stereocenters. The van der Waals surface area contributed by atoms with Gasteiger partial charge in [0.2, 0.25) is 5.91 Å². The zero-order valence-corrected chi connectivity index (χ0v) is 12.3. The summed E-state index contributed by atoms with van der Waals surface area (Å²) in [7, 11) is 1.65. The highest BCUT2D eigenvalue weighted by molar-refractivity contribution is 5.94. The van der Waals surface area contributed by atoms with Gasteiger partial charge in [-0.05, 0) is 38.2 Å². The number of alkyl halides is 2. The normalized spacial score (nSPS) is 12.3. The molecule has 0 radical (unpaired) electrons. The third-order valence-corrected chi connectivity index (χ3v) is 3.07. The minimum absolute atomic E-state index is 0.000348. The zero-order valence-electron chi connectivity index (χ0n) is 12.3. The number of aliphatic carboxylic acids is 1. The minimum Gasteiger partial charge on any atom is -0.481 e. The molecular formula is C14H18F2N2O4. The fourth-order valence-corrected chi connectivity index (χ4v) is 1.63. The second-order valence-electron chi connectivity index (χ2n) is 4.69. The van der Waals surface area contributed by atoms with Gasteiger partial charge < -0.3 is 15.2 Å². The predicted molar refractivity (Wildman–Crippen MR) is 76.0 cm³/mol. The van der Waals surface area contributed by atoms with Crippen LogP contribution in [0.5, 0.6) is 5.75 Å². The number of carbonyl (C=O) groups excluding carboxylic acids is 1. The fraction of sp³-hybridized carbons (Fsp3) is 0.429. The van der Waals surface area contributed by atoms with Crippen LogP contribution in [0.2, 0.25) is 0 Å². The third kappa shape index (κ3) is 6.04. The molecule has 0 aliphatic heterocycles. The predicted octanol–water partition coefficient (Wildman–Crippen LogP) is 2.02. The van der Waals surface area contributed by atoms with Crippen LogP contribution in [0.15, 0.2) is 24.3 Å². The van der Waals surface area contributed by atoms with Gasteiger partial charge in [-0.25, -0.2) is 0 Å². The van der Waals surface area contributed by atoms with Crippen LogP contribution in [0, 0.1) is 0 Å². The van der Waals surface area contributed by atoms with Crippen molar-refractivity contribution >= 4 is 17.6 Å². The van der Waals surface area contributed by atoms with Crippen molar-refractivity contribution in [3.63, 3.8) is 0 Å². The first kappa shape index (κ1) is 17.8. The number of likely N-dealkylation sites (N-methyl/N-ethyl adjacent to an activating group) is 1. The summed E-state index contributed by atoms with van der Waals surface area (Å²) in [6.07, 6.45) is -0.0617. The Balaban J connectivity index is 2.54. The van der Waals surface area contributed by atoms with Crippen molar-refractivity contribution in [1.82, 2.24) is 4.90 Å². The smallest absolute Gasteiger partial charge is 0.387 e. The van der Waals surface area contributed by atoms with E-state index in [1.54, 1.807) is 18.9 Å². The van der Waals surface area contributed by atoms with Crippen molar-refractivity contribution in [3.05, 3.63) is 24.3 Å². The van der Waals surface area contributed by atoms with Gasteiger partial charge in [-0.1, -0.05) is 0 Å². The Morgan fingerprint density at radius 3 is 2.41 bits per heavy atom. The number of halogens is 2. The molecule has 0 fully saturated rings. The lowest BCUT2D eigenvalue weighted by Gasteiger charge is -2.23. The van der Waals surface area contributed by atoms with E-state index in [4.69, 9.17) is 5.11 Å². The van der Waals surface area contributed by atoms with Crippen molar-refractivity contribution in [2.75, 3.05) is 18.9 Å². The number of amides is 1. The number of nitrogens with zero attached hydrogens (tertiary/aromatic N) is 1. The summed E-state index contributed by atoms with van der Waals surface area (Å²) in [6.45, 7) is -1.01. The molecule has 0 spiro atoms. The molecule has 6 nitrogen and oxygen atoms in total. The molecule has 1 amide bonds. The molecule has 1 atom stereocenters. The summed E-state index contributed by atoms with van der Waals surface area (Å²) >= 11 is 0. The lowest BCUT2D eigenvalue weighted by atomic mass is 10.2. The van der Waals surface area contributed by atoms with Crippen LogP contribution in [-0.4, -0.2) is 48.1 Å². The second kappa shape index (κ2) is 8.28. The summed E-state index contributed by atoms with van der Waals surface area (Å²) < 4.78 is 28.2. The Hall–Kier alpha value is -2.22. The Morgan fingerprint density at radius 2 is 1.91 bits per heavy atom. The summed E-state index contributed by atoms with van der Waals surface area (Å²) in [5.41, 5.74) is 0.435. The van der Waals surface area contributed by atoms with E-state index in [1.165, 1.54) is 24.3 Å². The molecule has 122 valence electrons. The summed E-state index contributed by atoms with van der Waals surface area (Å²) in [4.78, 5) is 24.1. The quantitative estimate of drug-likeness (QED) is 0.767. The van der Waals surface area contributed by atoms with E-state index >= 15 is 0 Å². The van der Waals surface area contributed by atoms with Gasteiger partial charge in [0.15, 0.2) is 0 Å². The molecule has 0 saturated heterocycles. The first-order valence-corrected chi connectivity index (χ1v) is 6.57. The van der Waals surface area contributed by atoms with Crippen LogP contribution in [0.1, 0.15) is 13.3 Å². The van der Waals surface area contributed by atoms with Gasteiger partial charge in [0, 0.05) is 12.2 Å². The standard InChI is InChI=1S/C14H18F2N2O4/c1-9(18(2)8-7-12(19)20)13(21)17-10-3-5-11(6-4-10)22-14(15)16/h3-6,9,14H,7-8H2,1-2H3,(H,17,21)(H,19,20). The largest absolute Gasteiger partial charge is 0.481 e. The monoisotopic (exact) mass is 316 g/mol. The average Bonchev–Trinajstić information content (AvgIpc) is 2.45. The van der Waals surface area contributed by atoms with Gasteiger partial charge in [0.05, 0.1) is 12.5 Å². The van der Waals surface area contributed by atoms with E-state index in [1.807, 2.05) is 0 Å². The topological polar surface area (TPSA) is 78.9 Å². The fourth-order valence-electron chi connectivity index (χ4n) is 1.63. The van der Waals surface area contributed by atoms with Crippen LogP contribution in [-0.2, 0) is 9.59 Å². The maximum atomic E-state index is 12.0. The van der Waals surface area contributed by atoms with Crippen LogP contribution < -0.4 is 10.1 Å². The Labute approximate surface area is 126 Å². The lowest BCUT2D eigenvalue weighted by molar-refractivity contribution is -0.137. The number of hydrogen-bond donors (Lipinski definition) is 2. The second-order valence-corrected chi connectivity index (χ2v) is 4.69. The highest BCUT2D eigenvalue weighted by atomic mass is 19.3. The van der Waals surface area contributed by atoms with Gasteiger partial charge in [-0.3, -0.25) is 14.5 Å². The number of nitrogens with one attached hydrogen (secondary N) is 1. The molecule has 0 saturated carbocycles. The third-order valence-electron chi connectivity index (χ3n) is 3.07. The molecule has 1 aromatic rings. The maximum absolute atomic E-state index is 12.0. The Kier molecular flexibility index (Phi) is 6.71. The van der Waals surface area contributed by atoms with Gasteiger partial charge in [-0.15, -0.1) is 0 Å². The van der Waals surface area contributed by atoms with E-state index in [2.05, 4.69) is 10.1 Å².